The van der Waals surface area contributed by atoms with E-state index in [1.807, 2.05) is 56.3 Å². The average molecular weight is 341 g/mol. The molecule has 5 nitrogen and oxygen atoms in total. The lowest BCUT2D eigenvalue weighted by Gasteiger charge is -2.13. The number of amides is 1. The summed E-state index contributed by atoms with van der Waals surface area (Å²) in [5.74, 6) is -0.246. The summed E-state index contributed by atoms with van der Waals surface area (Å²) < 4.78 is 1.62. The first kappa shape index (κ1) is 16.2. The van der Waals surface area contributed by atoms with Gasteiger partial charge in [0.25, 0.3) is 5.91 Å². The van der Waals surface area contributed by atoms with Crippen LogP contribution in [-0.2, 0) is 0 Å². The van der Waals surface area contributed by atoms with Gasteiger partial charge in [-0.15, -0.1) is 5.10 Å². The van der Waals surface area contributed by atoms with Crippen LogP contribution in [-0.4, -0.2) is 20.9 Å². The van der Waals surface area contributed by atoms with Gasteiger partial charge in [-0.1, -0.05) is 47.1 Å². The molecule has 1 N–H and O–H groups in total. The Hall–Kier alpha value is -2.66. The van der Waals surface area contributed by atoms with E-state index in [-0.39, 0.29) is 11.9 Å². The van der Waals surface area contributed by atoms with Crippen molar-refractivity contribution in [2.45, 2.75) is 19.9 Å². The Morgan fingerprint density at radius 3 is 2.46 bits per heavy atom. The fraction of sp³-hybridized carbons (Fsp3) is 0.167. The van der Waals surface area contributed by atoms with Crippen LogP contribution < -0.4 is 5.32 Å². The highest BCUT2D eigenvalue weighted by Gasteiger charge is 2.19. The normalized spacial score (nSPS) is 12.0. The van der Waals surface area contributed by atoms with Gasteiger partial charge in [0, 0.05) is 5.02 Å². The molecule has 0 fully saturated rings. The number of aromatic nitrogens is 3. The summed E-state index contributed by atoms with van der Waals surface area (Å²) in [7, 11) is 0. The zero-order valence-electron chi connectivity index (χ0n) is 13.4. The van der Waals surface area contributed by atoms with Crippen LogP contribution in [0.3, 0.4) is 0 Å². The summed E-state index contributed by atoms with van der Waals surface area (Å²) in [5, 5.41) is 11.7. The molecule has 24 heavy (non-hydrogen) atoms. The molecule has 1 unspecified atom stereocenters. The highest BCUT2D eigenvalue weighted by atomic mass is 35.5. The molecule has 0 saturated carbocycles. The van der Waals surface area contributed by atoms with Gasteiger partial charge in [0.05, 0.1) is 17.4 Å². The predicted octanol–water partition coefficient (Wildman–Crippen LogP) is 3.72. The van der Waals surface area contributed by atoms with E-state index in [0.29, 0.717) is 16.4 Å². The average Bonchev–Trinajstić information content (AvgIpc) is 2.98. The van der Waals surface area contributed by atoms with E-state index < -0.39 is 0 Å². The van der Waals surface area contributed by atoms with Crippen LogP contribution in [0.25, 0.3) is 5.69 Å². The molecule has 3 rings (SSSR count). The number of nitrogens with zero attached hydrogens (tertiary/aromatic N) is 3. The maximum absolute atomic E-state index is 12.5. The highest BCUT2D eigenvalue weighted by molar-refractivity contribution is 6.30. The highest BCUT2D eigenvalue weighted by Crippen LogP contribution is 2.17. The van der Waals surface area contributed by atoms with E-state index in [4.69, 9.17) is 11.6 Å². The first-order valence-corrected chi connectivity index (χ1v) is 7.98. The van der Waals surface area contributed by atoms with E-state index in [1.54, 1.807) is 16.8 Å². The number of carbonyl (C=O) groups is 1. The first-order chi connectivity index (χ1) is 11.6. The molecule has 0 saturated heterocycles. The van der Waals surface area contributed by atoms with Crippen LogP contribution in [0.15, 0.2) is 54.6 Å². The van der Waals surface area contributed by atoms with E-state index in [2.05, 4.69) is 15.6 Å². The second kappa shape index (κ2) is 6.84. The van der Waals surface area contributed by atoms with Gasteiger partial charge in [0.2, 0.25) is 0 Å². The largest absolute Gasteiger partial charge is 0.344 e. The molecule has 0 aliphatic carbocycles. The minimum absolute atomic E-state index is 0.112. The number of halogens is 1. The third kappa shape index (κ3) is 3.31. The Morgan fingerprint density at radius 2 is 1.79 bits per heavy atom. The Bertz CT molecular complexity index is 843. The van der Waals surface area contributed by atoms with Gasteiger partial charge >= 0.3 is 0 Å². The molecule has 0 aliphatic rings. The number of hydrogen-bond acceptors (Lipinski definition) is 3. The van der Waals surface area contributed by atoms with Crippen LogP contribution in [0.4, 0.5) is 0 Å². The minimum atomic E-state index is -0.246. The number of benzene rings is 2. The summed E-state index contributed by atoms with van der Waals surface area (Å²) in [6.07, 6.45) is 0. The van der Waals surface area contributed by atoms with Gasteiger partial charge in [-0.25, -0.2) is 4.68 Å². The summed E-state index contributed by atoms with van der Waals surface area (Å²) >= 11 is 5.90. The van der Waals surface area contributed by atoms with E-state index >= 15 is 0 Å². The SMILES string of the molecule is Cc1c(C(=O)NC(C)c2ccccc2)nnn1-c1ccc(Cl)cc1. The lowest BCUT2D eigenvalue weighted by molar-refractivity contribution is 0.0934. The molecule has 0 radical (unpaired) electrons. The molecule has 1 aromatic heterocycles. The standard InChI is InChI=1S/C18H17ClN4O/c1-12(14-6-4-3-5-7-14)20-18(24)17-13(2)23(22-21-17)16-10-8-15(19)9-11-16/h3-12H,1-2H3,(H,20,24). The number of rotatable bonds is 4. The van der Waals surface area contributed by atoms with Gasteiger partial charge in [-0.2, -0.15) is 0 Å². The molecule has 2 aromatic carbocycles. The Labute approximate surface area is 145 Å². The van der Waals surface area contributed by atoms with Crippen LogP contribution >= 0.6 is 11.6 Å². The second-order valence-corrected chi connectivity index (χ2v) is 5.95. The summed E-state index contributed by atoms with van der Waals surface area (Å²) in [6.45, 7) is 3.75. The van der Waals surface area contributed by atoms with E-state index in [9.17, 15) is 4.79 Å². The fourth-order valence-electron chi connectivity index (χ4n) is 2.46. The fourth-order valence-corrected chi connectivity index (χ4v) is 2.58. The van der Waals surface area contributed by atoms with E-state index in [1.165, 1.54) is 0 Å². The van der Waals surface area contributed by atoms with Crippen molar-refractivity contribution in [1.29, 1.82) is 0 Å². The summed E-state index contributed by atoms with van der Waals surface area (Å²) in [6, 6.07) is 16.9. The predicted molar refractivity (Wildman–Crippen MR) is 93.4 cm³/mol. The van der Waals surface area contributed by atoms with Crippen molar-refractivity contribution in [3.8, 4) is 5.69 Å². The number of carbonyl (C=O) groups excluding carboxylic acids is 1. The van der Waals surface area contributed by atoms with E-state index in [0.717, 1.165) is 11.3 Å². The molecule has 0 bridgehead atoms. The van der Waals surface area contributed by atoms with Crippen molar-refractivity contribution >= 4 is 17.5 Å². The third-order valence-corrected chi connectivity index (χ3v) is 4.08. The number of nitrogens with one attached hydrogen (secondary N) is 1. The molecule has 0 spiro atoms. The molecule has 1 heterocycles. The zero-order chi connectivity index (χ0) is 17.1. The molecule has 0 aliphatic heterocycles. The monoisotopic (exact) mass is 340 g/mol. The molecule has 122 valence electrons. The molecular weight excluding hydrogens is 324 g/mol. The smallest absolute Gasteiger partial charge is 0.274 e. The van der Waals surface area contributed by atoms with Crippen molar-refractivity contribution < 1.29 is 4.79 Å². The summed E-state index contributed by atoms with van der Waals surface area (Å²) in [4.78, 5) is 12.5. The topological polar surface area (TPSA) is 59.8 Å². The molecule has 1 amide bonds. The van der Waals surface area contributed by atoms with Crippen molar-refractivity contribution in [2.24, 2.45) is 0 Å². The van der Waals surface area contributed by atoms with Gasteiger partial charge in [-0.3, -0.25) is 4.79 Å². The maximum Gasteiger partial charge on any atom is 0.274 e. The summed E-state index contributed by atoms with van der Waals surface area (Å²) in [5.41, 5.74) is 2.83. The Balaban J connectivity index is 1.80. The maximum atomic E-state index is 12.5. The van der Waals surface area contributed by atoms with Gasteiger partial charge in [0.15, 0.2) is 5.69 Å². The van der Waals surface area contributed by atoms with Crippen molar-refractivity contribution in [1.82, 2.24) is 20.3 Å². The Kier molecular flexibility index (Phi) is 4.62. The third-order valence-electron chi connectivity index (χ3n) is 3.83. The van der Waals surface area contributed by atoms with Crippen molar-refractivity contribution in [3.63, 3.8) is 0 Å². The van der Waals surface area contributed by atoms with Gasteiger partial charge in [-0.05, 0) is 43.7 Å². The Morgan fingerprint density at radius 1 is 1.12 bits per heavy atom. The van der Waals surface area contributed by atoms with Crippen molar-refractivity contribution in [2.75, 3.05) is 0 Å². The van der Waals surface area contributed by atoms with Crippen molar-refractivity contribution in [3.05, 3.63) is 76.6 Å². The van der Waals surface area contributed by atoms with Crippen LogP contribution in [0.1, 0.15) is 34.7 Å². The quantitative estimate of drug-likeness (QED) is 0.787. The van der Waals surface area contributed by atoms with Crippen LogP contribution in [0.2, 0.25) is 5.02 Å². The number of hydrogen-bond donors (Lipinski definition) is 1. The second-order valence-electron chi connectivity index (χ2n) is 5.52. The van der Waals surface area contributed by atoms with Crippen LogP contribution in [0, 0.1) is 6.92 Å². The first-order valence-electron chi connectivity index (χ1n) is 7.60. The lowest BCUT2D eigenvalue weighted by Crippen LogP contribution is -2.27. The molecule has 6 heteroatoms. The minimum Gasteiger partial charge on any atom is -0.344 e. The lowest BCUT2D eigenvalue weighted by atomic mass is 10.1. The molecule has 1 atom stereocenters. The van der Waals surface area contributed by atoms with Gasteiger partial charge in [0.1, 0.15) is 0 Å². The molecular formula is C18H17ClN4O. The van der Waals surface area contributed by atoms with Crippen LogP contribution in [0.5, 0.6) is 0 Å². The zero-order valence-corrected chi connectivity index (χ0v) is 14.2. The molecule has 3 aromatic rings. The van der Waals surface area contributed by atoms with Gasteiger partial charge < -0.3 is 5.32 Å².